The highest BCUT2D eigenvalue weighted by Crippen LogP contribution is 2.45. The molecule has 0 aromatic heterocycles. The lowest BCUT2D eigenvalue weighted by Gasteiger charge is -2.45. The van der Waals surface area contributed by atoms with Gasteiger partial charge in [-0.1, -0.05) is 12.2 Å². The van der Waals surface area contributed by atoms with Gasteiger partial charge in [0, 0.05) is 12.1 Å². The van der Waals surface area contributed by atoms with Crippen LogP contribution in [0.1, 0.15) is 39.0 Å². The Labute approximate surface area is 75.4 Å². The molecule has 0 aromatic carbocycles. The van der Waals surface area contributed by atoms with Crippen molar-refractivity contribution < 1.29 is 0 Å². The second-order valence-corrected chi connectivity index (χ2v) is 4.20. The SMILES string of the molecule is C/C=C/CN1CCCC12CCC2. The lowest BCUT2D eigenvalue weighted by molar-refractivity contribution is 0.0667. The lowest BCUT2D eigenvalue weighted by Crippen LogP contribution is -2.49. The Morgan fingerprint density at radius 3 is 2.58 bits per heavy atom. The van der Waals surface area contributed by atoms with Gasteiger partial charge in [0.1, 0.15) is 0 Å². The van der Waals surface area contributed by atoms with E-state index in [0.717, 1.165) is 0 Å². The molecule has 1 spiro atoms. The van der Waals surface area contributed by atoms with Gasteiger partial charge in [-0.25, -0.2) is 0 Å². The Balaban J connectivity index is 1.95. The molecule has 1 nitrogen and oxygen atoms in total. The molecule has 2 fully saturated rings. The molecule has 0 bridgehead atoms. The molecule has 0 amide bonds. The van der Waals surface area contributed by atoms with Gasteiger partial charge in [0.15, 0.2) is 0 Å². The Morgan fingerprint density at radius 2 is 2.00 bits per heavy atom. The van der Waals surface area contributed by atoms with Gasteiger partial charge in [0.2, 0.25) is 0 Å². The Hall–Kier alpha value is -0.300. The second-order valence-electron chi connectivity index (χ2n) is 4.20. The standard InChI is InChI=1S/C11H19N/c1-2-3-9-12-10-5-8-11(12)6-4-7-11/h2-3H,4-10H2,1H3/b3-2+. The van der Waals surface area contributed by atoms with Crippen molar-refractivity contribution in [1.82, 2.24) is 4.90 Å². The monoisotopic (exact) mass is 165 g/mol. The van der Waals surface area contributed by atoms with Gasteiger partial charge in [-0.15, -0.1) is 0 Å². The number of rotatable bonds is 2. The fourth-order valence-electron chi connectivity index (χ4n) is 2.66. The summed E-state index contributed by atoms with van der Waals surface area (Å²) in [5.74, 6) is 0. The van der Waals surface area contributed by atoms with E-state index in [-0.39, 0.29) is 0 Å². The molecular formula is C11H19N. The molecule has 12 heavy (non-hydrogen) atoms. The zero-order valence-corrected chi connectivity index (χ0v) is 8.05. The van der Waals surface area contributed by atoms with Crippen molar-refractivity contribution in [2.75, 3.05) is 13.1 Å². The van der Waals surface area contributed by atoms with Crippen LogP contribution in [0.5, 0.6) is 0 Å². The van der Waals surface area contributed by atoms with E-state index in [0.29, 0.717) is 5.54 Å². The van der Waals surface area contributed by atoms with Crippen molar-refractivity contribution in [2.24, 2.45) is 0 Å². The van der Waals surface area contributed by atoms with Gasteiger partial charge in [-0.3, -0.25) is 4.90 Å². The van der Waals surface area contributed by atoms with Crippen LogP contribution in [0, 0.1) is 0 Å². The first-order valence-electron chi connectivity index (χ1n) is 5.24. The number of allylic oxidation sites excluding steroid dienone is 1. The summed E-state index contributed by atoms with van der Waals surface area (Å²) in [5.41, 5.74) is 0.666. The van der Waals surface area contributed by atoms with Crippen LogP contribution in [0.2, 0.25) is 0 Å². The molecule has 2 rings (SSSR count). The van der Waals surface area contributed by atoms with E-state index < -0.39 is 0 Å². The van der Waals surface area contributed by atoms with Crippen LogP contribution in [0.4, 0.5) is 0 Å². The predicted octanol–water partition coefficient (Wildman–Crippen LogP) is 2.58. The summed E-state index contributed by atoms with van der Waals surface area (Å²) in [4.78, 5) is 2.69. The molecule has 68 valence electrons. The van der Waals surface area contributed by atoms with Crippen LogP contribution < -0.4 is 0 Å². The van der Waals surface area contributed by atoms with E-state index in [4.69, 9.17) is 0 Å². The van der Waals surface area contributed by atoms with Gasteiger partial charge < -0.3 is 0 Å². The molecule has 1 heteroatoms. The molecule has 1 aliphatic carbocycles. The van der Waals surface area contributed by atoms with E-state index in [1.165, 1.54) is 45.2 Å². The first-order valence-corrected chi connectivity index (χ1v) is 5.24. The minimum absolute atomic E-state index is 0.666. The third-order valence-electron chi connectivity index (χ3n) is 3.59. The molecular weight excluding hydrogens is 146 g/mol. The first-order chi connectivity index (χ1) is 5.87. The highest BCUT2D eigenvalue weighted by atomic mass is 15.2. The molecule has 0 atom stereocenters. The summed E-state index contributed by atoms with van der Waals surface area (Å²) < 4.78 is 0. The Morgan fingerprint density at radius 1 is 1.25 bits per heavy atom. The van der Waals surface area contributed by atoms with E-state index in [9.17, 15) is 0 Å². The molecule has 0 unspecified atom stereocenters. The summed E-state index contributed by atoms with van der Waals surface area (Å²) in [7, 11) is 0. The van der Waals surface area contributed by atoms with E-state index in [1.807, 2.05) is 0 Å². The van der Waals surface area contributed by atoms with Crippen LogP contribution in [-0.2, 0) is 0 Å². The minimum Gasteiger partial charge on any atom is -0.294 e. The molecule has 1 saturated carbocycles. The number of likely N-dealkylation sites (tertiary alicyclic amines) is 1. The number of hydrogen-bond donors (Lipinski definition) is 0. The van der Waals surface area contributed by atoms with E-state index >= 15 is 0 Å². The molecule has 0 N–H and O–H groups in total. The summed E-state index contributed by atoms with van der Waals surface area (Å²) in [5, 5.41) is 0. The van der Waals surface area contributed by atoms with E-state index in [2.05, 4.69) is 24.0 Å². The average molecular weight is 165 g/mol. The number of nitrogens with zero attached hydrogens (tertiary/aromatic N) is 1. The fourth-order valence-corrected chi connectivity index (χ4v) is 2.66. The van der Waals surface area contributed by atoms with Crippen LogP contribution >= 0.6 is 0 Å². The van der Waals surface area contributed by atoms with Gasteiger partial charge in [0.25, 0.3) is 0 Å². The quantitative estimate of drug-likeness (QED) is 0.568. The maximum atomic E-state index is 2.69. The maximum Gasteiger partial charge on any atom is 0.0213 e. The topological polar surface area (TPSA) is 3.24 Å². The second kappa shape index (κ2) is 3.21. The zero-order chi connectivity index (χ0) is 8.44. The molecule has 0 aromatic rings. The molecule has 1 saturated heterocycles. The van der Waals surface area contributed by atoms with Crippen molar-refractivity contribution in [2.45, 2.75) is 44.6 Å². The Kier molecular flexibility index (Phi) is 2.22. The highest BCUT2D eigenvalue weighted by molar-refractivity contribution is 5.03. The highest BCUT2D eigenvalue weighted by Gasteiger charge is 2.44. The summed E-state index contributed by atoms with van der Waals surface area (Å²) in [6.45, 7) is 4.64. The molecule has 1 aliphatic heterocycles. The van der Waals surface area contributed by atoms with Gasteiger partial charge >= 0.3 is 0 Å². The predicted molar refractivity (Wildman–Crippen MR) is 52.2 cm³/mol. The van der Waals surface area contributed by atoms with Crippen molar-refractivity contribution >= 4 is 0 Å². The van der Waals surface area contributed by atoms with Crippen LogP contribution in [0.15, 0.2) is 12.2 Å². The molecule has 1 heterocycles. The fraction of sp³-hybridized carbons (Fsp3) is 0.818. The van der Waals surface area contributed by atoms with Crippen molar-refractivity contribution in [3.8, 4) is 0 Å². The lowest BCUT2D eigenvalue weighted by atomic mass is 9.75. The summed E-state index contributed by atoms with van der Waals surface area (Å²) >= 11 is 0. The minimum atomic E-state index is 0.666. The van der Waals surface area contributed by atoms with Crippen molar-refractivity contribution in [3.63, 3.8) is 0 Å². The zero-order valence-electron chi connectivity index (χ0n) is 8.05. The third-order valence-corrected chi connectivity index (χ3v) is 3.59. The van der Waals surface area contributed by atoms with Gasteiger partial charge in [0.05, 0.1) is 0 Å². The van der Waals surface area contributed by atoms with Crippen molar-refractivity contribution in [1.29, 1.82) is 0 Å². The van der Waals surface area contributed by atoms with Gasteiger partial charge in [-0.2, -0.15) is 0 Å². The maximum absolute atomic E-state index is 2.69. The van der Waals surface area contributed by atoms with Gasteiger partial charge in [-0.05, 0) is 45.6 Å². The summed E-state index contributed by atoms with van der Waals surface area (Å²) in [6.07, 6.45) is 11.7. The largest absolute Gasteiger partial charge is 0.294 e. The van der Waals surface area contributed by atoms with E-state index in [1.54, 1.807) is 0 Å². The average Bonchev–Trinajstić information content (AvgIpc) is 2.42. The normalized spacial score (nSPS) is 28.4. The molecule has 2 aliphatic rings. The summed E-state index contributed by atoms with van der Waals surface area (Å²) in [6, 6.07) is 0. The van der Waals surface area contributed by atoms with Crippen molar-refractivity contribution in [3.05, 3.63) is 12.2 Å². The molecule has 0 radical (unpaired) electrons. The smallest absolute Gasteiger partial charge is 0.0213 e. The Bertz CT molecular complexity index is 179. The number of hydrogen-bond acceptors (Lipinski definition) is 1. The first kappa shape index (κ1) is 8.31. The van der Waals surface area contributed by atoms with Crippen LogP contribution in [0.25, 0.3) is 0 Å². The third kappa shape index (κ3) is 1.20. The van der Waals surface area contributed by atoms with Crippen LogP contribution in [0.3, 0.4) is 0 Å². The van der Waals surface area contributed by atoms with Crippen LogP contribution in [-0.4, -0.2) is 23.5 Å².